The topological polar surface area (TPSA) is 324 Å². The van der Waals surface area contributed by atoms with E-state index in [2.05, 4.69) is 38.4 Å². The molecule has 416 valence electrons. The van der Waals surface area contributed by atoms with E-state index in [9.17, 15) is 62.3 Å². The number of nitrogens with one attached hydrogen (secondary N) is 5. The lowest BCUT2D eigenvalue weighted by molar-refractivity contribution is -0.141. The number of nitrogens with two attached hydrogens (primary N) is 1. The van der Waals surface area contributed by atoms with Gasteiger partial charge in [-0.3, -0.25) is 53.0 Å². The van der Waals surface area contributed by atoms with Gasteiger partial charge in [-0.1, -0.05) is 68.0 Å². The number of carbonyl (C=O) groups is 10. The van der Waals surface area contributed by atoms with E-state index in [1.54, 1.807) is 47.4 Å². The Hall–Kier alpha value is -7.77. The van der Waals surface area contributed by atoms with Gasteiger partial charge in [-0.15, -0.1) is 11.3 Å². The van der Waals surface area contributed by atoms with Crippen LogP contribution in [0.25, 0.3) is 10.1 Å². The molecule has 9 N–H and O–H groups in total. The third-order valence-corrected chi connectivity index (χ3v) is 16.6. The van der Waals surface area contributed by atoms with Gasteiger partial charge in [-0.05, 0) is 104 Å². The van der Waals surface area contributed by atoms with E-state index in [1.165, 1.54) is 34.1 Å². The van der Waals surface area contributed by atoms with Gasteiger partial charge in [0.1, 0.15) is 30.2 Å². The van der Waals surface area contributed by atoms with Crippen LogP contribution in [0.5, 0.6) is 0 Å². The highest BCUT2D eigenvalue weighted by molar-refractivity contribution is 7.70. The Kier molecular flexibility index (Phi) is 18.4. The predicted molar refractivity (Wildman–Crippen MR) is 288 cm³/mol. The minimum atomic E-state index is -5.06. The molecule has 3 fully saturated rings. The van der Waals surface area contributed by atoms with Crippen molar-refractivity contribution in [3.05, 3.63) is 105 Å². The zero-order chi connectivity index (χ0) is 56.5. The van der Waals surface area contributed by atoms with Gasteiger partial charge in [0.05, 0.1) is 4.88 Å². The van der Waals surface area contributed by atoms with E-state index in [1.807, 2.05) is 13.0 Å². The lowest BCUT2D eigenvalue weighted by Gasteiger charge is -2.35. The minimum Gasteiger partial charge on any atom is -0.352 e. The quantitative estimate of drug-likeness (QED) is 0.0380. The number of rotatable bonds is 19. The molecule has 4 aromatic rings. The number of hydrogen-bond acceptors (Lipinski definition) is 12. The second-order valence-corrected chi connectivity index (χ2v) is 22.6. The van der Waals surface area contributed by atoms with Crippen molar-refractivity contribution in [1.82, 2.24) is 41.3 Å². The van der Waals surface area contributed by atoms with Crippen molar-refractivity contribution in [3.8, 4) is 11.8 Å². The number of likely N-dealkylation sites (tertiary alicyclic amines) is 2. The first kappa shape index (κ1) is 57.4. The predicted octanol–water partition coefficient (Wildman–Crippen LogP) is 3.34. The molecule has 3 saturated heterocycles. The number of piperidine rings is 2. The third kappa shape index (κ3) is 13.7. The molecule has 0 saturated carbocycles. The summed E-state index contributed by atoms with van der Waals surface area (Å²) in [7, 11) is -5.06. The third-order valence-electron chi connectivity index (χ3n) is 14.7. The summed E-state index contributed by atoms with van der Waals surface area (Å²) in [6, 6.07) is 12.9. The van der Waals surface area contributed by atoms with Crippen molar-refractivity contribution in [2.45, 2.75) is 114 Å². The van der Waals surface area contributed by atoms with Crippen LogP contribution in [0.1, 0.15) is 131 Å². The molecular formula is C55H62N9O13PS. The first-order chi connectivity index (χ1) is 37.8. The molecule has 10 amide bonds. The van der Waals surface area contributed by atoms with Crippen molar-refractivity contribution in [2.75, 3.05) is 26.2 Å². The van der Waals surface area contributed by atoms with Gasteiger partial charge >= 0.3 is 13.6 Å². The molecule has 8 rings (SSSR count). The van der Waals surface area contributed by atoms with Gasteiger partial charge in [-0.2, -0.15) is 0 Å². The van der Waals surface area contributed by atoms with Gasteiger partial charge < -0.3 is 51.5 Å². The normalized spacial score (nSPS) is 18.6. The van der Waals surface area contributed by atoms with Gasteiger partial charge in [-0.25, -0.2) is 4.79 Å². The number of fused-ring (bicyclic) bond motifs is 2. The largest absolute Gasteiger partial charge is 0.396 e. The molecule has 0 spiro atoms. The molecule has 5 atom stereocenters. The molecule has 0 bridgehead atoms. The number of primary amides is 1. The lowest BCUT2D eigenvalue weighted by atomic mass is 9.91. The van der Waals surface area contributed by atoms with E-state index in [-0.39, 0.29) is 72.9 Å². The number of nitrogens with zero attached hydrogens (tertiary/aromatic N) is 3. The summed E-state index contributed by atoms with van der Waals surface area (Å²) in [4.78, 5) is 156. The fraction of sp³-hybridized carbons (Fsp3) is 0.418. The van der Waals surface area contributed by atoms with E-state index in [4.69, 9.17) is 5.73 Å². The highest BCUT2D eigenvalue weighted by Gasteiger charge is 2.42. The van der Waals surface area contributed by atoms with Crippen molar-refractivity contribution in [2.24, 2.45) is 11.7 Å². The molecule has 0 radical (unpaired) electrons. The molecule has 24 heteroatoms. The zero-order valence-electron chi connectivity index (χ0n) is 43.4. The van der Waals surface area contributed by atoms with Gasteiger partial charge in [0.15, 0.2) is 0 Å². The summed E-state index contributed by atoms with van der Waals surface area (Å²) in [5, 5.41) is 13.4. The second kappa shape index (κ2) is 25.4. The molecule has 5 heterocycles. The molecule has 3 aromatic carbocycles. The molecule has 1 aromatic heterocycles. The van der Waals surface area contributed by atoms with Crippen molar-refractivity contribution >= 4 is 87.8 Å². The fourth-order valence-electron chi connectivity index (χ4n) is 10.5. The average molecular weight is 1120 g/mol. The minimum absolute atomic E-state index is 0.158. The first-order valence-corrected chi connectivity index (χ1v) is 28.7. The van der Waals surface area contributed by atoms with Crippen molar-refractivity contribution < 1.29 is 62.3 Å². The number of imide groups is 1. The van der Waals surface area contributed by atoms with Gasteiger partial charge in [0, 0.05) is 67.0 Å². The summed E-state index contributed by atoms with van der Waals surface area (Å²) in [6.45, 7) is 2.62. The van der Waals surface area contributed by atoms with Crippen LogP contribution in [0.2, 0.25) is 0 Å². The first-order valence-electron chi connectivity index (χ1n) is 26.3. The second-order valence-electron chi connectivity index (χ2n) is 20.1. The van der Waals surface area contributed by atoms with Crippen LogP contribution < -0.4 is 32.3 Å². The van der Waals surface area contributed by atoms with Crippen LogP contribution in [-0.4, -0.2) is 134 Å². The van der Waals surface area contributed by atoms with Crippen LogP contribution in [0.4, 0.5) is 4.79 Å². The van der Waals surface area contributed by atoms with Gasteiger partial charge in [0.25, 0.3) is 17.3 Å². The van der Waals surface area contributed by atoms with E-state index < -0.39 is 85.4 Å². The Morgan fingerprint density at radius 3 is 2.34 bits per heavy atom. The average Bonchev–Trinajstić information content (AvgIpc) is 4.40. The molecule has 79 heavy (non-hydrogen) atoms. The Bertz CT molecular complexity index is 3180. The molecule has 0 aliphatic carbocycles. The molecular weight excluding hydrogens is 1060 g/mol. The SMILES string of the molecule is CCCC[C@H](NC(=O)c1cc2cc(C(=O)P(=O)(O)O)ccc2s1)C(=O)N1CCC[C@H]1C(=O)N[C@@H](CNC(N)=O)C(=O)N[C@H](C(=O)N1CCC(CCC#Cc2cccc3c2CN(C2CCC(=O)NC2=O)C3=O)CC1)c1ccccc1. The van der Waals surface area contributed by atoms with Crippen LogP contribution >= 0.6 is 18.9 Å². The van der Waals surface area contributed by atoms with Crippen LogP contribution in [-0.2, 0) is 39.9 Å². The summed E-state index contributed by atoms with van der Waals surface area (Å²) < 4.78 is 12.1. The Morgan fingerprint density at radius 1 is 0.873 bits per heavy atom. The summed E-state index contributed by atoms with van der Waals surface area (Å²) in [5.74, 6) is 2.55. The highest BCUT2D eigenvalue weighted by atomic mass is 32.1. The Morgan fingerprint density at radius 2 is 1.63 bits per heavy atom. The monoisotopic (exact) mass is 1120 g/mol. The van der Waals surface area contributed by atoms with Crippen LogP contribution in [0.3, 0.4) is 0 Å². The van der Waals surface area contributed by atoms with E-state index in [0.717, 1.165) is 23.3 Å². The molecule has 22 nitrogen and oxygen atoms in total. The Balaban J connectivity index is 0.884. The maximum Gasteiger partial charge on any atom is 0.396 e. The summed E-state index contributed by atoms with van der Waals surface area (Å²) in [6.07, 6.45) is 5.13. The number of thiophene rings is 1. The van der Waals surface area contributed by atoms with E-state index in [0.29, 0.717) is 78.4 Å². The Labute approximate surface area is 459 Å². The highest BCUT2D eigenvalue weighted by Crippen LogP contribution is 2.40. The maximum atomic E-state index is 14.4. The van der Waals surface area contributed by atoms with Crippen LogP contribution in [0, 0.1) is 17.8 Å². The number of unbranched alkanes of at least 4 members (excludes halogenated alkanes) is 1. The smallest absolute Gasteiger partial charge is 0.352 e. The van der Waals surface area contributed by atoms with Crippen molar-refractivity contribution in [3.63, 3.8) is 0 Å². The standard InChI is InChI=1S/C55H62N9O13PS/c1-2-3-17-39(58-50(69)44-29-36-28-35(19-21-43(36)79-44)54(73)78(75,76)77)52(71)63-25-10-18-41(63)48(67)59-40(30-57-55(56)74)47(66)61-46(34-13-5-4-6-14-34)53(72)62-26-23-32(24-27-62)11-7-8-12-33-15-9-16-37-38(33)31-64(51(37)70)42-20-22-45(65)60-49(42)68/h4-6,9,13-16,19,21,28-29,32,39-42,46H,2-3,7,10-11,17-18,20,22-27,30-31H2,1H3,(H,58,69)(H,59,67)(H,61,66)(H3,56,57,74)(H,60,65,68)(H2,75,76,77)/t39-,40-,41-,42?,46-/m0/s1. The molecule has 4 aliphatic rings. The number of carbonyl (C=O) groups excluding carboxylic acids is 10. The summed E-state index contributed by atoms with van der Waals surface area (Å²) >= 11 is 1.05. The summed E-state index contributed by atoms with van der Waals surface area (Å²) in [5.41, 5.74) is 6.24. The van der Waals surface area contributed by atoms with Gasteiger partial charge in [0.2, 0.25) is 35.4 Å². The van der Waals surface area contributed by atoms with Crippen molar-refractivity contribution in [1.29, 1.82) is 0 Å². The maximum absolute atomic E-state index is 14.4. The van der Waals surface area contributed by atoms with E-state index >= 15 is 0 Å². The number of benzene rings is 3. The lowest BCUT2D eigenvalue weighted by Crippen LogP contribution is -2.59. The zero-order valence-corrected chi connectivity index (χ0v) is 45.1. The number of urea groups is 1. The molecule has 4 aliphatic heterocycles. The number of amides is 10. The fourth-order valence-corrected chi connectivity index (χ4v) is 11.9. The van der Waals surface area contributed by atoms with Crippen LogP contribution in [0.15, 0.2) is 72.8 Å². The molecule has 1 unspecified atom stereocenters. The number of hydrogen-bond donors (Lipinski definition) is 8.